The molecule has 0 radical (unpaired) electrons. The number of phosphoric acid groups is 2. The molecule has 2 bridgehead atoms. The van der Waals surface area contributed by atoms with Crippen molar-refractivity contribution in [3.05, 3.63) is 29.3 Å². The molecule has 3 aliphatic rings. The highest BCUT2D eigenvalue weighted by atomic mass is 32.1. The van der Waals surface area contributed by atoms with Crippen molar-refractivity contribution < 1.29 is 51.6 Å². The SMILES string of the molecule is Nc1nc2c(ncn2[C@@H]2O[C@@H]3COP(=O)(O)OC4[C@@H](COP(=O)(O)OC2C3CCCS)O[C@@H](n2cnc3c(N)ncnc32)[C@H]4O)c(=O)[nH]1. The van der Waals surface area contributed by atoms with E-state index in [4.69, 9.17) is 39.0 Å². The van der Waals surface area contributed by atoms with Crippen molar-refractivity contribution in [1.29, 1.82) is 0 Å². The Morgan fingerprint density at radius 3 is 2.29 bits per heavy atom. The lowest BCUT2D eigenvalue weighted by molar-refractivity contribution is -0.0671. The number of fused-ring (bicyclic) bond motifs is 5. The van der Waals surface area contributed by atoms with Crippen LogP contribution in [-0.4, -0.2) is 103 Å². The van der Waals surface area contributed by atoms with Gasteiger partial charge in [-0.05, 0) is 18.6 Å². The summed E-state index contributed by atoms with van der Waals surface area (Å²) in [5.74, 6) is -0.502. The molecule has 5 unspecified atom stereocenters. The topological polar surface area (TPSA) is 309 Å². The number of aromatic nitrogens is 8. The normalized spacial score (nSPS) is 36.1. The summed E-state index contributed by atoms with van der Waals surface area (Å²) in [6, 6.07) is 0. The minimum atomic E-state index is -5.00. The van der Waals surface area contributed by atoms with Gasteiger partial charge in [0.05, 0.1) is 32.0 Å². The molecule has 7 rings (SSSR count). The lowest BCUT2D eigenvalue weighted by atomic mass is 9.93. The molecule has 0 spiro atoms. The monoisotopic (exact) mass is 732 g/mol. The standard InChI is InChI=1S/C23H30N10O12P2S/c24-17-12-18(27-6-26-17)32(7-28-12)21-14(34)16-11(43-21)5-41-46(36,37)44-15-9(2-1-3-48)10(4-40-47(38,39)45-16)42-22(15)33-8-29-13-19(33)30-23(25)31-20(13)35/h6-11,14-16,21-22,34,48H,1-5H2,(H,36,37)(H,38,39)(H2,24,26,27)(H3,25,30,31,35)/t9?,10-,11-,14+,15?,16?,21-,22-/m1/s1. The number of aromatic amines is 1. The zero-order chi connectivity index (χ0) is 34.0. The molecule has 25 heteroatoms. The fraction of sp³-hybridized carbons (Fsp3) is 0.565. The van der Waals surface area contributed by atoms with E-state index in [9.17, 15) is 28.8 Å². The number of ether oxygens (including phenoxy) is 2. The molecule has 48 heavy (non-hydrogen) atoms. The predicted octanol–water partition coefficient (Wildman–Crippen LogP) is -0.376. The zero-order valence-electron chi connectivity index (χ0n) is 24.5. The number of hydrogen-bond acceptors (Lipinski definition) is 18. The molecule has 3 saturated heterocycles. The van der Waals surface area contributed by atoms with Gasteiger partial charge >= 0.3 is 15.6 Å². The van der Waals surface area contributed by atoms with Crippen LogP contribution in [0, 0.1) is 5.92 Å². The number of nitrogens with one attached hydrogen (secondary N) is 1. The minimum Gasteiger partial charge on any atom is -0.386 e. The Morgan fingerprint density at radius 1 is 0.917 bits per heavy atom. The van der Waals surface area contributed by atoms with E-state index in [-0.39, 0.29) is 34.1 Å². The number of H-pyrrole nitrogens is 1. The molecule has 4 aromatic heterocycles. The fourth-order valence-corrected chi connectivity index (χ4v) is 8.19. The average molecular weight is 733 g/mol. The Hall–Kier alpha value is -3.05. The van der Waals surface area contributed by atoms with Crippen molar-refractivity contribution in [1.82, 2.24) is 39.0 Å². The van der Waals surface area contributed by atoms with Gasteiger partial charge in [0.2, 0.25) is 5.95 Å². The average Bonchev–Trinajstić information content (AvgIpc) is 3.79. The summed E-state index contributed by atoms with van der Waals surface area (Å²) >= 11 is 4.27. The number of phosphoric ester groups is 2. The van der Waals surface area contributed by atoms with Crippen LogP contribution in [0.5, 0.6) is 0 Å². The number of nitrogens with two attached hydrogens (primary N) is 2. The summed E-state index contributed by atoms with van der Waals surface area (Å²) < 4.78 is 63.5. The Kier molecular flexibility index (Phi) is 8.84. The van der Waals surface area contributed by atoms with Crippen LogP contribution < -0.4 is 17.0 Å². The maximum atomic E-state index is 13.6. The fourth-order valence-electron chi connectivity index (χ4n) is 6.08. The highest BCUT2D eigenvalue weighted by molar-refractivity contribution is 7.80. The van der Waals surface area contributed by atoms with Gasteiger partial charge in [-0.2, -0.15) is 17.6 Å². The van der Waals surface area contributed by atoms with E-state index in [0.29, 0.717) is 18.6 Å². The highest BCUT2D eigenvalue weighted by Crippen LogP contribution is 2.55. The molecule has 7 heterocycles. The summed E-state index contributed by atoms with van der Waals surface area (Å²) in [7, 11) is -10.00. The molecule has 4 aromatic rings. The summed E-state index contributed by atoms with van der Waals surface area (Å²) in [5, 5.41) is 11.3. The number of imidazole rings is 2. The van der Waals surface area contributed by atoms with E-state index in [1.165, 1.54) is 28.1 Å². The van der Waals surface area contributed by atoms with E-state index in [2.05, 4.69) is 42.5 Å². The molecule has 3 fully saturated rings. The van der Waals surface area contributed by atoms with Gasteiger partial charge in [0.15, 0.2) is 35.1 Å². The van der Waals surface area contributed by atoms with Gasteiger partial charge < -0.3 is 35.8 Å². The van der Waals surface area contributed by atoms with Crippen LogP contribution in [0.15, 0.2) is 23.8 Å². The maximum absolute atomic E-state index is 13.6. The molecule has 3 aliphatic heterocycles. The number of anilines is 2. The second kappa shape index (κ2) is 12.7. The van der Waals surface area contributed by atoms with Crippen LogP contribution in [0.3, 0.4) is 0 Å². The molecule has 8 N–H and O–H groups in total. The molecular formula is C23H30N10O12P2S. The van der Waals surface area contributed by atoms with Crippen molar-refractivity contribution in [2.24, 2.45) is 5.92 Å². The number of nitrogens with zero attached hydrogens (tertiary/aromatic N) is 7. The molecule has 0 saturated carbocycles. The van der Waals surface area contributed by atoms with Crippen LogP contribution in [0.1, 0.15) is 25.3 Å². The third-order valence-corrected chi connectivity index (χ3v) is 10.5. The van der Waals surface area contributed by atoms with Crippen molar-refractivity contribution in [2.75, 3.05) is 30.4 Å². The summed E-state index contributed by atoms with van der Waals surface area (Å²) in [4.78, 5) is 57.0. The van der Waals surface area contributed by atoms with Crippen molar-refractivity contribution in [3.63, 3.8) is 0 Å². The third-order valence-electron chi connectivity index (χ3n) is 8.20. The van der Waals surface area contributed by atoms with Crippen LogP contribution >= 0.6 is 28.3 Å². The Balaban J connectivity index is 1.23. The van der Waals surface area contributed by atoms with Crippen LogP contribution in [-0.2, 0) is 36.7 Å². The number of hydrogen-bond donors (Lipinski definition) is 7. The van der Waals surface area contributed by atoms with E-state index in [0.717, 1.165) is 0 Å². The summed E-state index contributed by atoms with van der Waals surface area (Å²) in [5.41, 5.74) is 11.2. The van der Waals surface area contributed by atoms with Gasteiger partial charge in [-0.15, -0.1) is 0 Å². The van der Waals surface area contributed by atoms with Gasteiger partial charge in [-0.25, -0.2) is 29.1 Å². The smallest absolute Gasteiger partial charge is 0.386 e. The Morgan fingerprint density at radius 2 is 1.56 bits per heavy atom. The van der Waals surface area contributed by atoms with E-state index in [1.54, 1.807) is 0 Å². The first kappa shape index (κ1) is 33.4. The van der Waals surface area contributed by atoms with Crippen molar-refractivity contribution >= 4 is 62.4 Å². The van der Waals surface area contributed by atoms with Crippen LogP contribution in [0.25, 0.3) is 22.3 Å². The number of aliphatic hydroxyl groups is 1. The third kappa shape index (κ3) is 6.14. The molecular weight excluding hydrogens is 702 g/mol. The molecule has 0 amide bonds. The van der Waals surface area contributed by atoms with Gasteiger partial charge in [0.25, 0.3) is 5.56 Å². The van der Waals surface area contributed by atoms with E-state index >= 15 is 0 Å². The van der Waals surface area contributed by atoms with Crippen LogP contribution in [0.2, 0.25) is 0 Å². The maximum Gasteiger partial charge on any atom is 0.472 e. The first-order chi connectivity index (χ1) is 22.9. The molecule has 10 atom stereocenters. The second-order valence-electron chi connectivity index (χ2n) is 11.2. The molecule has 0 aromatic carbocycles. The second-order valence-corrected chi connectivity index (χ2v) is 14.4. The number of thiol groups is 1. The van der Waals surface area contributed by atoms with Gasteiger partial charge in [0.1, 0.15) is 36.3 Å². The highest BCUT2D eigenvalue weighted by Gasteiger charge is 2.54. The lowest BCUT2D eigenvalue weighted by Crippen LogP contribution is -2.36. The first-order valence-corrected chi connectivity index (χ1v) is 18.0. The number of rotatable bonds is 5. The first-order valence-electron chi connectivity index (χ1n) is 14.4. The summed E-state index contributed by atoms with van der Waals surface area (Å²) in [6.45, 7) is -1.33. The van der Waals surface area contributed by atoms with E-state index in [1.807, 2.05) is 0 Å². The Labute approximate surface area is 274 Å². The number of aliphatic hydroxyl groups excluding tert-OH is 1. The number of nitrogen functional groups attached to an aromatic ring is 2. The Bertz CT molecular complexity index is 2000. The lowest BCUT2D eigenvalue weighted by Gasteiger charge is -2.27. The molecule has 0 aliphatic carbocycles. The molecule has 260 valence electrons. The minimum absolute atomic E-state index is 0.0170. The molecule has 22 nitrogen and oxygen atoms in total. The van der Waals surface area contributed by atoms with Crippen molar-refractivity contribution in [3.8, 4) is 0 Å². The van der Waals surface area contributed by atoms with Gasteiger partial charge in [-0.1, -0.05) is 0 Å². The van der Waals surface area contributed by atoms with Gasteiger partial charge in [-0.3, -0.25) is 37.0 Å². The van der Waals surface area contributed by atoms with Gasteiger partial charge in [0, 0.05) is 5.92 Å². The van der Waals surface area contributed by atoms with Crippen molar-refractivity contribution in [2.45, 2.75) is 55.8 Å². The quantitative estimate of drug-likeness (QED) is 0.102. The summed E-state index contributed by atoms with van der Waals surface area (Å²) in [6.07, 6.45) is -5.22. The predicted molar refractivity (Wildman–Crippen MR) is 164 cm³/mol. The van der Waals surface area contributed by atoms with Crippen LogP contribution in [0.4, 0.5) is 11.8 Å². The zero-order valence-corrected chi connectivity index (χ0v) is 27.2. The largest absolute Gasteiger partial charge is 0.472 e. The van der Waals surface area contributed by atoms with E-state index < -0.39 is 83.3 Å².